The summed E-state index contributed by atoms with van der Waals surface area (Å²) in [6, 6.07) is 7.13. The molecule has 7 heteroatoms. The van der Waals surface area contributed by atoms with Crippen molar-refractivity contribution in [1.82, 2.24) is 0 Å². The van der Waals surface area contributed by atoms with Crippen LogP contribution in [0.15, 0.2) is 30.3 Å². The number of benzene rings is 1. The van der Waals surface area contributed by atoms with E-state index in [1.54, 1.807) is 18.2 Å². The summed E-state index contributed by atoms with van der Waals surface area (Å²) >= 11 is 10.7. The van der Waals surface area contributed by atoms with Crippen molar-refractivity contribution in [2.75, 3.05) is 4.67 Å². The molecule has 1 rings (SSSR count). The lowest BCUT2D eigenvalue weighted by molar-refractivity contribution is 0.257. The van der Waals surface area contributed by atoms with Crippen LogP contribution in [0.2, 0.25) is 0 Å². The van der Waals surface area contributed by atoms with Crippen molar-refractivity contribution in [2.45, 2.75) is 0 Å². The third-order valence-electron chi connectivity index (χ3n) is 1.44. The normalized spacial score (nSPS) is 11.0. The Bertz CT molecular complexity index is 379. The second-order valence-electron chi connectivity index (χ2n) is 2.42. The lowest BCUT2D eigenvalue weighted by Crippen LogP contribution is -2.30. The van der Waals surface area contributed by atoms with Gasteiger partial charge in [0.15, 0.2) is 0 Å². The van der Waals surface area contributed by atoms with E-state index in [-0.39, 0.29) is 0 Å². The van der Waals surface area contributed by atoms with E-state index in [9.17, 15) is 9.36 Å². The number of para-hydroxylation sites is 1. The molecule has 0 aliphatic heterocycles. The third kappa shape index (κ3) is 2.64. The first-order valence-corrected chi connectivity index (χ1v) is 7.04. The standard InChI is InChI=1S/C7H7Cl2N2O2P/c8-14(9,13)11(7(10)12)6-4-2-1-3-5-6/h1-5H,(H2,10,12). The number of nitrogens with two attached hydrogens (primary N) is 1. The summed E-state index contributed by atoms with van der Waals surface area (Å²) in [5, 5.41) is 0. The Morgan fingerprint density at radius 1 is 1.29 bits per heavy atom. The maximum absolute atomic E-state index is 11.3. The summed E-state index contributed by atoms with van der Waals surface area (Å²) in [6.45, 7) is 0. The van der Waals surface area contributed by atoms with E-state index in [4.69, 9.17) is 28.2 Å². The molecule has 0 saturated carbocycles. The van der Waals surface area contributed by atoms with Gasteiger partial charge in [-0.1, -0.05) is 18.2 Å². The van der Waals surface area contributed by atoms with Gasteiger partial charge in [0.2, 0.25) is 0 Å². The number of carbonyl (C=O) groups is 1. The molecule has 1 aromatic carbocycles. The first-order valence-electron chi connectivity index (χ1n) is 3.57. The van der Waals surface area contributed by atoms with Gasteiger partial charge >= 0.3 is 12.0 Å². The fourth-order valence-corrected chi connectivity index (χ4v) is 2.55. The highest BCUT2D eigenvalue weighted by Gasteiger charge is 2.30. The maximum atomic E-state index is 11.3. The largest absolute Gasteiger partial charge is 0.353 e. The van der Waals surface area contributed by atoms with Crippen molar-refractivity contribution in [1.29, 1.82) is 0 Å². The molecule has 0 radical (unpaired) electrons. The average molecular weight is 253 g/mol. The fourth-order valence-electron chi connectivity index (χ4n) is 0.946. The van der Waals surface area contributed by atoms with E-state index in [2.05, 4.69) is 0 Å². The molecular formula is C7H7Cl2N2O2P. The summed E-state index contributed by atoms with van der Waals surface area (Å²) in [5.74, 6) is -3.75. The first kappa shape index (κ1) is 11.4. The number of carbonyl (C=O) groups excluding carboxylic acids is 1. The quantitative estimate of drug-likeness (QED) is 0.822. The third-order valence-corrected chi connectivity index (χ3v) is 3.24. The number of hydrogen-bond acceptors (Lipinski definition) is 2. The average Bonchev–Trinajstić information content (AvgIpc) is 2.02. The van der Waals surface area contributed by atoms with Crippen LogP contribution in [-0.2, 0) is 4.57 Å². The van der Waals surface area contributed by atoms with Gasteiger partial charge < -0.3 is 5.73 Å². The lowest BCUT2D eigenvalue weighted by atomic mass is 10.3. The molecule has 0 unspecified atom stereocenters. The molecule has 0 bridgehead atoms. The summed E-state index contributed by atoms with van der Waals surface area (Å²) < 4.78 is 12.0. The van der Waals surface area contributed by atoms with E-state index < -0.39 is 12.0 Å². The molecule has 76 valence electrons. The minimum Gasteiger partial charge on any atom is -0.351 e. The molecule has 0 saturated heterocycles. The molecule has 0 heterocycles. The van der Waals surface area contributed by atoms with Crippen LogP contribution in [0.4, 0.5) is 10.5 Å². The van der Waals surface area contributed by atoms with Crippen LogP contribution >= 0.6 is 28.5 Å². The van der Waals surface area contributed by atoms with Crippen LogP contribution < -0.4 is 10.4 Å². The highest BCUT2D eigenvalue weighted by Crippen LogP contribution is 2.61. The van der Waals surface area contributed by atoms with E-state index in [0.29, 0.717) is 10.4 Å². The fraction of sp³-hybridized carbons (Fsp3) is 0. The number of amides is 2. The van der Waals surface area contributed by atoms with E-state index in [1.165, 1.54) is 12.1 Å². The molecule has 0 aromatic heterocycles. The molecule has 1 aromatic rings. The summed E-state index contributed by atoms with van der Waals surface area (Å²) in [6.07, 6.45) is 0. The lowest BCUT2D eigenvalue weighted by Gasteiger charge is -2.20. The van der Waals surface area contributed by atoms with Crippen LogP contribution in [0.3, 0.4) is 0 Å². The number of urea groups is 1. The number of anilines is 1. The Morgan fingerprint density at radius 3 is 2.14 bits per heavy atom. The van der Waals surface area contributed by atoms with Gasteiger partial charge in [0.1, 0.15) is 0 Å². The van der Waals surface area contributed by atoms with Crippen molar-refractivity contribution in [2.24, 2.45) is 5.73 Å². The van der Waals surface area contributed by atoms with E-state index >= 15 is 0 Å². The number of hydrogen-bond donors (Lipinski definition) is 1. The van der Waals surface area contributed by atoms with Gasteiger partial charge in [0, 0.05) is 0 Å². The second kappa shape index (κ2) is 4.22. The van der Waals surface area contributed by atoms with Crippen molar-refractivity contribution < 1.29 is 9.36 Å². The van der Waals surface area contributed by atoms with E-state index in [1.807, 2.05) is 0 Å². The minimum atomic E-state index is -3.75. The van der Waals surface area contributed by atoms with Gasteiger partial charge in [-0.15, -0.1) is 0 Å². The summed E-state index contributed by atoms with van der Waals surface area (Å²) in [5.41, 5.74) is 5.30. The molecule has 2 N–H and O–H groups in total. The van der Waals surface area contributed by atoms with E-state index in [0.717, 1.165) is 0 Å². The number of primary amides is 1. The minimum absolute atomic E-state index is 0.299. The molecular weight excluding hydrogens is 246 g/mol. The number of halogens is 2. The van der Waals surface area contributed by atoms with Gasteiger partial charge in [-0.3, -0.25) is 4.57 Å². The Balaban J connectivity index is 3.15. The van der Waals surface area contributed by atoms with Gasteiger partial charge in [-0.2, -0.15) is 0 Å². The highest BCUT2D eigenvalue weighted by molar-refractivity contribution is 8.10. The zero-order valence-corrected chi connectivity index (χ0v) is 9.34. The zero-order valence-electron chi connectivity index (χ0n) is 6.93. The van der Waals surface area contributed by atoms with Gasteiger partial charge in [0.25, 0.3) is 0 Å². The number of rotatable bonds is 2. The van der Waals surface area contributed by atoms with Gasteiger partial charge in [-0.05, 0) is 34.6 Å². The molecule has 0 aliphatic carbocycles. The van der Waals surface area contributed by atoms with Crippen molar-refractivity contribution >= 4 is 40.2 Å². The zero-order chi connectivity index (χ0) is 10.8. The maximum Gasteiger partial charge on any atom is 0.353 e. The molecule has 4 nitrogen and oxygen atoms in total. The predicted molar refractivity (Wildman–Crippen MR) is 57.8 cm³/mol. The predicted octanol–water partition coefficient (Wildman–Crippen LogP) is 3.16. The van der Waals surface area contributed by atoms with Crippen LogP contribution in [0.25, 0.3) is 0 Å². The summed E-state index contributed by atoms with van der Waals surface area (Å²) in [4.78, 5) is 11.0. The summed E-state index contributed by atoms with van der Waals surface area (Å²) in [7, 11) is 0. The molecule has 2 amide bonds. The first-order chi connectivity index (χ1) is 6.43. The Labute approximate surface area is 90.6 Å². The topological polar surface area (TPSA) is 63.4 Å². The molecule has 0 spiro atoms. The molecule has 0 fully saturated rings. The second-order valence-corrected chi connectivity index (χ2v) is 6.96. The van der Waals surface area contributed by atoms with Crippen LogP contribution in [0.1, 0.15) is 0 Å². The van der Waals surface area contributed by atoms with Crippen molar-refractivity contribution in [3.05, 3.63) is 30.3 Å². The Kier molecular flexibility index (Phi) is 3.43. The SMILES string of the molecule is NC(=O)N(c1ccccc1)P(=O)(Cl)Cl. The van der Waals surface area contributed by atoms with Crippen LogP contribution in [0.5, 0.6) is 0 Å². The van der Waals surface area contributed by atoms with Gasteiger partial charge in [0.05, 0.1) is 5.69 Å². The monoisotopic (exact) mass is 252 g/mol. The molecule has 14 heavy (non-hydrogen) atoms. The van der Waals surface area contributed by atoms with Crippen molar-refractivity contribution in [3.63, 3.8) is 0 Å². The van der Waals surface area contributed by atoms with Gasteiger partial charge in [-0.25, -0.2) is 9.46 Å². The highest BCUT2D eigenvalue weighted by atomic mass is 35.9. The molecule has 0 aliphatic rings. The van der Waals surface area contributed by atoms with Crippen molar-refractivity contribution in [3.8, 4) is 0 Å². The Hall–Kier alpha value is -0.700. The van der Waals surface area contributed by atoms with Crippen LogP contribution in [-0.4, -0.2) is 6.03 Å². The smallest absolute Gasteiger partial charge is 0.351 e. The number of nitrogens with zero attached hydrogens (tertiary/aromatic N) is 1. The molecule has 0 atom stereocenters. The Morgan fingerprint density at radius 2 is 1.79 bits per heavy atom. The van der Waals surface area contributed by atoms with Crippen LogP contribution in [0, 0.1) is 0 Å².